The molecule has 8 amide bonds. The Bertz CT molecular complexity index is 2570. The fourth-order valence-corrected chi connectivity index (χ4v) is 9.17. The van der Waals surface area contributed by atoms with Crippen LogP contribution in [0.1, 0.15) is 74.1 Å². The van der Waals surface area contributed by atoms with Crippen molar-refractivity contribution in [3.8, 4) is 16.9 Å². The minimum Gasteiger partial charge on any atom is -0.508 e. The largest absolute Gasteiger partial charge is 0.508 e. The maximum atomic E-state index is 13.9. The summed E-state index contributed by atoms with van der Waals surface area (Å²) >= 11 is 0.877. The molecule has 0 radical (unpaired) electrons. The second-order valence-corrected chi connectivity index (χ2v) is 19.5. The molecule has 0 spiro atoms. The molecule has 20 nitrogen and oxygen atoms in total. The van der Waals surface area contributed by atoms with Crippen LogP contribution in [0.25, 0.3) is 11.1 Å². The van der Waals surface area contributed by atoms with Gasteiger partial charge in [0.05, 0.1) is 19.1 Å². The summed E-state index contributed by atoms with van der Waals surface area (Å²) in [7, 11) is 0. The number of ether oxygens (including phenoxy) is 1. The van der Waals surface area contributed by atoms with Crippen molar-refractivity contribution in [2.45, 2.75) is 88.9 Å². The van der Waals surface area contributed by atoms with Crippen LogP contribution in [0.5, 0.6) is 5.75 Å². The average Bonchev–Trinajstić information content (AvgIpc) is 3.71. The lowest BCUT2D eigenvalue weighted by Crippen LogP contribution is -2.56. The first kappa shape index (κ1) is 58.1. The minimum atomic E-state index is -1.31. The summed E-state index contributed by atoms with van der Waals surface area (Å²) in [6.07, 6.45) is 0.439. The maximum Gasteiger partial charge on any atom is 0.407 e. The number of hydrogen-bond donors (Lipinski definition) is 10. The molecule has 4 aromatic carbocycles. The normalized spacial score (nSPS) is 13.1. The number of hydrogen-bond acceptors (Lipinski definition) is 13. The Kier molecular flexibility index (Phi) is 23.1. The smallest absolute Gasteiger partial charge is 0.407 e. The van der Waals surface area contributed by atoms with Crippen molar-refractivity contribution in [2.24, 2.45) is 17.4 Å². The number of nitrogens with two attached hydrogens (primary N) is 2. The summed E-state index contributed by atoms with van der Waals surface area (Å²) < 4.78 is 5.55. The number of aromatic hydroxyl groups is 1. The molecule has 4 atom stereocenters. The van der Waals surface area contributed by atoms with Gasteiger partial charge in [0, 0.05) is 30.9 Å². The van der Waals surface area contributed by atoms with Gasteiger partial charge in [-0.25, -0.2) is 4.79 Å². The quantitative estimate of drug-likeness (QED) is 0.0349. The molecular weight excluding hydrogens is 983 g/mol. The first-order chi connectivity index (χ1) is 36.0. The van der Waals surface area contributed by atoms with Crippen molar-refractivity contribution in [3.63, 3.8) is 0 Å². The number of benzene rings is 4. The Hall–Kier alpha value is -7.78. The highest BCUT2D eigenvalue weighted by Crippen LogP contribution is 2.44. The standard InChI is InChI=1S/C54H67N9O11S/c1-33(2)26-45(53(72)75-25-23-46(56)65)63-52(71)44(27-34-12-4-3-5-13-34)61-48(67)30-57-47(66)29-58-50(69)43(28-35-19-21-36(64)22-20-35)62-51(70)42(18-10-11-24-55)60-49(68)31-59-54(73)74-32-41-39-16-8-6-14-37(39)38-15-7-9-17-40(38)41/h3-9,12-17,19-22,33,41-45,64H,10-11,18,23-32,55H2,1-2H3,(H2,56,65)(H,57,66)(H,58,69)(H,59,73)(H,60,68)(H,61,67)(H,62,70)(H,63,71)/t42-,43-,44-,45-/m0/s1. The van der Waals surface area contributed by atoms with Gasteiger partial charge in [-0.15, -0.1) is 0 Å². The molecule has 0 bridgehead atoms. The van der Waals surface area contributed by atoms with Crippen molar-refractivity contribution >= 4 is 64.3 Å². The molecule has 0 aliphatic heterocycles. The molecule has 21 heteroatoms. The van der Waals surface area contributed by atoms with Gasteiger partial charge in [-0.2, -0.15) is 0 Å². The van der Waals surface area contributed by atoms with Gasteiger partial charge < -0.3 is 58.5 Å². The second-order valence-electron chi connectivity index (χ2n) is 18.4. The molecule has 4 aromatic rings. The predicted molar refractivity (Wildman–Crippen MR) is 282 cm³/mol. The number of carbonyl (C=O) groups excluding carboxylic acids is 9. The van der Waals surface area contributed by atoms with Crippen molar-refractivity contribution in [2.75, 3.05) is 38.5 Å². The number of unbranched alkanes of at least 4 members (excludes halogenated alkanes) is 1. The van der Waals surface area contributed by atoms with Crippen LogP contribution in [0.15, 0.2) is 103 Å². The number of nitrogens with one attached hydrogen (secondary N) is 7. The lowest BCUT2D eigenvalue weighted by Gasteiger charge is -2.24. The SMILES string of the molecule is CC(C)C[C@H](NC(=O)[C@H](Cc1ccccc1)NC(=O)CNC(=O)CNC(=O)[C@H](Cc1ccc(O)cc1)NC(=O)[C@H](CCCCN)NC(=O)CNC(=O)OCC1c2ccccc2-c2ccccc21)C(=O)SCCC(N)=O. The molecule has 0 unspecified atom stereocenters. The number of thioether (sulfide) groups is 1. The number of phenolic OH excluding ortho intramolecular Hbond substituents is 1. The van der Waals surface area contributed by atoms with Gasteiger partial charge in [-0.3, -0.25) is 38.4 Å². The monoisotopic (exact) mass is 1050 g/mol. The summed E-state index contributed by atoms with van der Waals surface area (Å²) in [4.78, 5) is 118. The third kappa shape index (κ3) is 19.2. The molecule has 75 heavy (non-hydrogen) atoms. The molecule has 400 valence electrons. The molecule has 0 heterocycles. The van der Waals surface area contributed by atoms with Gasteiger partial charge in [-0.05, 0) is 83.7 Å². The average molecular weight is 1050 g/mol. The number of amides is 8. The fraction of sp³-hybridized carbons (Fsp3) is 0.389. The van der Waals surface area contributed by atoms with Gasteiger partial charge in [0.25, 0.3) is 0 Å². The van der Waals surface area contributed by atoms with Crippen LogP contribution < -0.4 is 48.7 Å². The third-order valence-corrected chi connectivity index (χ3v) is 13.0. The number of alkyl carbamates (subject to hydrolysis) is 1. The predicted octanol–water partition coefficient (Wildman–Crippen LogP) is 2.20. The van der Waals surface area contributed by atoms with Crippen LogP contribution in [0.4, 0.5) is 4.79 Å². The van der Waals surface area contributed by atoms with E-state index in [2.05, 4.69) is 37.2 Å². The fourth-order valence-electron chi connectivity index (χ4n) is 8.31. The van der Waals surface area contributed by atoms with E-state index in [9.17, 15) is 48.3 Å². The Labute approximate surface area is 440 Å². The molecular formula is C54H67N9O11S. The number of primary amides is 1. The topological polar surface area (TPSA) is 319 Å². The maximum absolute atomic E-state index is 13.9. The second kappa shape index (κ2) is 29.8. The third-order valence-electron chi connectivity index (χ3n) is 12.0. The zero-order valence-corrected chi connectivity index (χ0v) is 42.9. The number of rotatable bonds is 29. The molecule has 0 aromatic heterocycles. The lowest BCUT2D eigenvalue weighted by atomic mass is 9.98. The van der Waals surface area contributed by atoms with E-state index in [1.54, 1.807) is 42.5 Å². The van der Waals surface area contributed by atoms with E-state index in [0.717, 1.165) is 34.0 Å². The van der Waals surface area contributed by atoms with E-state index in [1.807, 2.05) is 62.4 Å². The Morgan fingerprint density at radius 1 is 0.600 bits per heavy atom. The van der Waals surface area contributed by atoms with Gasteiger partial charge in [-0.1, -0.05) is 117 Å². The van der Waals surface area contributed by atoms with Gasteiger partial charge >= 0.3 is 6.09 Å². The lowest BCUT2D eigenvalue weighted by molar-refractivity contribution is -0.133. The first-order valence-electron chi connectivity index (χ1n) is 24.8. The van der Waals surface area contributed by atoms with Crippen molar-refractivity contribution in [1.82, 2.24) is 37.2 Å². The summed E-state index contributed by atoms with van der Waals surface area (Å²) in [6, 6.07) is 25.9. The van der Waals surface area contributed by atoms with Gasteiger partial charge in [0.1, 0.15) is 37.0 Å². The van der Waals surface area contributed by atoms with Gasteiger partial charge in [0.15, 0.2) is 0 Å². The van der Waals surface area contributed by atoms with E-state index >= 15 is 0 Å². The first-order valence-corrected chi connectivity index (χ1v) is 25.8. The number of fused-ring (bicyclic) bond motifs is 3. The van der Waals surface area contributed by atoms with Crippen LogP contribution in [0, 0.1) is 5.92 Å². The summed E-state index contributed by atoms with van der Waals surface area (Å²) in [5, 5.41) is 27.5. The highest BCUT2D eigenvalue weighted by molar-refractivity contribution is 8.13. The summed E-state index contributed by atoms with van der Waals surface area (Å²) in [5.74, 6) is -5.08. The molecule has 0 saturated carbocycles. The number of phenols is 1. The summed E-state index contributed by atoms with van der Waals surface area (Å²) in [6.45, 7) is 2.34. The zero-order valence-electron chi connectivity index (χ0n) is 42.1. The van der Waals surface area contributed by atoms with Crippen LogP contribution >= 0.6 is 11.8 Å². The highest BCUT2D eigenvalue weighted by atomic mass is 32.2. The van der Waals surface area contributed by atoms with Crippen LogP contribution in [-0.2, 0) is 55.9 Å². The minimum absolute atomic E-state index is 0.00420. The highest BCUT2D eigenvalue weighted by Gasteiger charge is 2.32. The Morgan fingerprint density at radius 2 is 1.13 bits per heavy atom. The van der Waals surface area contributed by atoms with Gasteiger partial charge in [0.2, 0.25) is 46.5 Å². The number of carbonyl (C=O) groups is 9. The Morgan fingerprint density at radius 3 is 1.75 bits per heavy atom. The molecule has 5 rings (SSSR count). The summed E-state index contributed by atoms with van der Waals surface area (Å²) in [5.41, 5.74) is 16.3. The van der Waals surface area contributed by atoms with E-state index in [-0.39, 0.29) is 60.7 Å². The zero-order chi connectivity index (χ0) is 54.3. The van der Waals surface area contributed by atoms with Crippen LogP contribution in [0.2, 0.25) is 0 Å². The van der Waals surface area contributed by atoms with E-state index in [1.165, 1.54) is 12.1 Å². The molecule has 1 aliphatic carbocycles. The van der Waals surface area contributed by atoms with Crippen LogP contribution in [-0.4, -0.2) is 120 Å². The Balaban J connectivity index is 1.16. The van der Waals surface area contributed by atoms with Crippen molar-refractivity contribution in [3.05, 3.63) is 125 Å². The molecule has 0 fully saturated rings. The molecule has 12 N–H and O–H groups in total. The molecule has 1 aliphatic rings. The van der Waals surface area contributed by atoms with E-state index in [4.69, 9.17) is 16.2 Å². The molecule has 0 saturated heterocycles. The van der Waals surface area contributed by atoms with Crippen molar-refractivity contribution in [1.29, 1.82) is 0 Å². The van der Waals surface area contributed by atoms with Crippen molar-refractivity contribution < 1.29 is 53.0 Å². The van der Waals surface area contributed by atoms with E-state index in [0.29, 0.717) is 36.9 Å². The van der Waals surface area contributed by atoms with Crippen LogP contribution in [0.3, 0.4) is 0 Å². The van der Waals surface area contributed by atoms with E-state index < -0.39 is 91.2 Å².